The molecule has 0 spiro atoms. The first-order valence-corrected chi connectivity index (χ1v) is 6.69. The number of hydrogen-bond donors (Lipinski definition) is 1. The van der Waals surface area contributed by atoms with Crippen LogP contribution < -0.4 is 10.6 Å². The van der Waals surface area contributed by atoms with Crippen molar-refractivity contribution in [3.63, 3.8) is 0 Å². The van der Waals surface area contributed by atoms with Crippen LogP contribution in [0.1, 0.15) is 23.7 Å². The lowest BCUT2D eigenvalue weighted by molar-refractivity contribution is 0.717. The van der Waals surface area contributed by atoms with Gasteiger partial charge in [-0.3, -0.25) is 0 Å². The van der Waals surface area contributed by atoms with E-state index in [-0.39, 0.29) is 0 Å². The third-order valence-corrected chi connectivity index (χ3v) is 3.64. The molecule has 0 radical (unpaired) electrons. The Morgan fingerprint density at radius 2 is 2.11 bits per heavy atom. The predicted octanol–water partition coefficient (Wildman–Crippen LogP) is 2.18. The molecule has 3 rings (SSSR count). The Balaban J connectivity index is 1.88. The van der Waals surface area contributed by atoms with Gasteiger partial charge in [0.1, 0.15) is 12.1 Å². The molecule has 2 N–H and O–H groups in total. The van der Waals surface area contributed by atoms with Crippen molar-refractivity contribution in [2.24, 2.45) is 0 Å². The number of nitrogens with zero attached hydrogens (tertiary/aromatic N) is 3. The van der Waals surface area contributed by atoms with E-state index in [2.05, 4.69) is 40.0 Å². The molecule has 0 amide bonds. The number of nitrogen functional groups attached to an aromatic ring is 1. The molecule has 4 heteroatoms. The average molecular weight is 254 g/mol. The second kappa shape index (κ2) is 4.88. The lowest BCUT2D eigenvalue weighted by Crippen LogP contribution is -2.31. The van der Waals surface area contributed by atoms with Crippen LogP contribution in [0.5, 0.6) is 0 Å². The smallest absolute Gasteiger partial charge is 0.132 e. The second-order valence-corrected chi connectivity index (χ2v) is 4.92. The maximum Gasteiger partial charge on any atom is 0.132 e. The minimum atomic E-state index is 0.831. The summed E-state index contributed by atoms with van der Waals surface area (Å²) in [7, 11) is 0. The van der Waals surface area contributed by atoms with Gasteiger partial charge in [-0.1, -0.05) is 13.0 Å². The van der Waals surface area contributed by atoms with Crippen molar-refractivity contribution in [1.29, 1.82) is 0 Å². The number of benzene rings is 1. The largest absolute Gasteiger partial charge is 0.399 e. The molecule has 0 unspecified atom stereocenters. The van der Waals surface area contributed by atoms with Gasteiger partial charge < -0.3 is 10.6 Å². The maximum atomic E-state index is 5.87. The zero-order valence-electron chi connectivity index (χ0n) is 11.1. The van der Waals surface area contributed by atoms with Gasteiger partial charge in [-0.2, -0.15) is 0 Å². The molecule has 4 nitrogen and oxygen atoms in total. The summed E-state index contributed by atoms with van der Waals surface area (Å²) in [6.45, 7) is 3.98. The van der Waals surface area contributed by atoms with Gasteiger partial charge in [-0.15, -0.1) is 0 Å². The minimum absolute atomic E-state index is 0.831. The summed E-state index contributed by atoms with van der Waals surface area (Å²) >= 11 is 0. The molecule has 0 saturated heterocycles. The number of hydrogen-bond acceptors (Lipinski definition) is 4. The summed E-state index contributed by atoms with van der Waals surface area (Å²) in [5.41, 5.74) is 10.5. The number of anilines is 2. The van der Waals surface area contributed by atoms with E-state index in [0.717, 1.165) is 43.1 Å². The Morgan fingerprint density at radius 1 is 1.21 bits per heavy atom. The molecular formula is C15H18N4. The van der Waals surface area contributed by atoms with Crippen molar-refractivity contribution in [3.05, 3.63) is 47.4 Å². The standard InChI is InChI=1S/C15H18N4/c1-2-14-8-15(18-10-17-14)19-6-5-11-3-4-13(16)7-12(11)9-19/h3-4,7-8,10H,2,5-6,9,16H2,1H3. The monoisotopic (exact) mass is 254 g/mol. The molecule has 1 aromatic heterocycles. The number of fused-ring (bicyclic) bond motifs is 1. The summed E-state index contributed by atoms with van der Waals surface area (Å²) in [6.07, 6.45) is 3.64. The Bertz CT molecular complexity index is 594. The van der Waals surface area contributed by atoms with Gasteiger partial charge in [-0.05, 0) is 36.1 Å². The van der Waals surface area contributed by atoms with E-state index in [0.29, 0.717) is 0 Å². The number of nitrogens with two attached hydrogens (primary N) is 1. The van der Waals surface area contributed by atoms with Gasteiger partial charge in [0, 0.05) is 30.5 Å². The molecule has 2 heterocycles. The van der Waals surface area contributed by atoms with Crippen molar-refractivity contribution in [2.75, 3.05) is 17.2 Å². The minimum Gasteiger partial charge on any atom is -0.399 e. The molecule has 0 saturated carbocycles. The van der Waals surface area contributed by atoms with Crippen LogP contribution in [0.4, 0.5) is 11.5 Å². The van der Waals surface area contributed by atoms with Crippen LogP contribution >= 0.6 is 0 Å². The fourth-order valence-electron chi connectivity index (χ4n) is 2.52. The zero-order chi connectivity index (χ0) is 13.2. The van der Waals surface area contributed by atoms with Crippen LogP contribution in [0, 0.1) is 0 Å². The topological polar surface area (TPSA) is 55.0 Å². The molecule has 0 atom stereocenters. The maximum absolute atomic E-state index is 5.87. The first-order valence-electron chi connectivity index (χ1n) is 6.69. The highest BCUT2D eigenvalue weighted by atomic mass is 15.2. The molecule has 0 bridgehead atoms. The van der Waals surface area contributed by atoms with Gasteiger partial charge in [-0.25, -0.2) is 9.97 Å². The summed E-state index contributed by atoms with van der Waals surface area (Å²) in [5.74, 6) is 1.01. The molecular weight excluding hydrogens is 236 g/mol. The molecule has 2 aromatic rings. The predicted molar refractivity (Wildman–Crippen MR) is 77.0 cm³/mol. The zero-order valence-corrected chi connectivity index (χ0v) is 11.1. The molecule has 0 fully saturated rings. The first kappa shape index (κ1) is 12.0. The third-order valence-electron chi connectivity index (χ3n) is 3.64. The Kier molecular flexibility index (Phi) is 3.07. The molecule has 0 aliphatic carbocycles. The number of aromatic nitrogens is 2. The molecule has 1 aliphatic rings. The normalized spacial score (nSPS) is 14.3. The van der Waals surface area contributed by atoms with Crippen LogP contribution in [-0.2, 0) is 19.4 Å². The van der Waals surface area contributed by atoms with Crippen molar-refractivity contribution in [1.82, 2.24) is 9.97 Å². The lowest BCUT2D eigenvalue weighted by Gasteiger charge is -2.30. The van der Waals surface area contributed by atoms with E-state index < -0.39 is 0 Å². The van der Waals surface area contributed by atoms with Gasteiger partial charge in [0.25, 0.3) is 0 Å². The van der Waals surface area contributed by atoms with E-state index in [4.69, 9.17) is 5.73 Å². The summed E-state index contributed by atoms with van der Waals surface area (Å²) < 4.78 is 0. The van der Waals surface area contributed by atoms with Gasteiger partial charge in [0.2, 0.25) is 0 Å². The quantitative estimate of drug-likeness (QED) is 0.835. The fourth-order valence-corrected chi connectivity index (χ4v) is 2.52. The molecule has 1 aliphatic heterocycles. The highest BCUT2D eigenvalue weighted by Gasteiger charge is 2.17. The number of rotatable bonds is 2. The SMILES string of the molecule is CCc1cc(N2CCc3ccc(N)cc3C2)ncn1. The molecule has 1 aromatic carbocycles. The van der Waals surface area contributed by atoms with Crippen molar-refractivity contribution >= 4 is 11.5 Å². The van der Waals surface area contributed by atoms with Gasteiger partial charge in [0.05, 0.1) is 0 Å². The second-order valence-electron chi connectivity index (χ2n) is 4.92. The van der Waals surface area contributed by atoms with Crippen LogP contribution in [0.2, 0.25) is 0 Å². The van der Waals surface area contributed by atoms with Crippen molar-refractivity contribution < 1.29 is 0 Å². The fraction of sp³-hybridized carbons (Fsp3) is 0.333. The van der Waals surface area contributed by atoms with Crippen molar-refractivity contribution in [3.8, 4) is 0 Å². The highest BCUT2D eigenvalue weighted by Crippen LogP contribution is 2.24. The highest BCUT2D eigenvalue weighted by molar-refractivity contribution is 5.50. The Hall–Kier alpha value is -2.10. The van der Waals surface area contributed by atoms with Crippen molar-refractivity contribution in [2.45, 2.75) is 26.3 Å². The van der Waals surface area contributed by atoms with Crippen LogP contribution in [0.25, 0.3) is 0 Å². The van der Waals surface area contributed by atoms with Crippen LogP contribution in [0.3, 0.4) is 0 Å². The van der Waals surface area contributed by atoms with E-state index >= 15 is 0 Å². The van der Waals surface area contributed by atoms with E-state index in [1.54, 1.807) is 6.33 Å². The van der Waals surface area contributed by atoms with Gasteiger partial charge >= 0.3 is 0 Å². The number of aryl methyl sites for hydroxylation is 1. The van der Waals surface area contributed by atoms with Gasteiger partial charge in [0.15, 0.2) is 0 Å². The Morgan fingerprint density at radius 3 is 2.95 bits per heavy atom. The summed E-state index contributed by atoms with van der Waals surface area (Å²) in [4.78, 5) is 10.9. The lowest BCUT2D eigenvalue weighted by atomic mass is 9.99. The molecule has 98 valence electrons. The first-order chi connectivity index (χ1) is 9.26. The van der Waals surface area contributed by atoms with E-state index in [9.17, 15) is 0 Å². The van der Waals surface area contributed by atoms with Crippen LogP contribution in [-0.4, -0.2) is 16.5 Å². The van der Waals surface area contributed by atoms with E-state index in [1.165, 1.54) is 11.1 Å². The molecule has 19 heavy (non-hydrogen) atoms. The third kappa shape index (κ3) is 2.38. The summed E-state index contributed by atoms with van der Waals surface area (Å²) in [5, 5.41) is 0. The van der Waals surface area contributed by atoms with Crippen LogP contribution in [0.15, 0.2) is 30.6 Å². The van der Waals surface area contributed by atoms with E-state index in [1.807, 2.05) is 6.07 Å². The summed E-state index contributed by atoms with van der Waals surface area (Å²) in [6, 6.07) is 8.27. The average Bonchev–Trinajstić information content (AvgIpc) is 2.46. The Labute approximate surface area is 113 Å².